The first-order chi connectivity index (χ1) is 9.31. The molecule has 3 nitrogen and oxygen atoms in total. The van der Waals surface area contributed by atoms with Crippen LogP contribution in [-0.2, 0) is 0 Å². The minimum Gasteiger partial charge on any atom is -0.376 e. The monoisotopic (exact) mass is 276 g/mol. The molecule has 0 saturated heterocycles. The average molecular weight is 276 g/mol. The third-order valence-electron chi connectivity index (χ3n) is 6.21. The smallest absolute Gasteiger partial charge is 0.118 e. The number of hydrogen-bond donors (Lipinski definition) is 3. The highest BCUT2D eigenvalue weighted by molar-refractivity contribution is 5.29. The Labute approximate surface area is 122 Å². The predicted molar refractivity (Wildman–Crippen MR) is 81.7 cm³/mol. The number of aliphatic hydroxyl groups is 1. The van der Waals surface area contributed by atoms with E-state index in [-0.39, 0.29) is 16.9 Å². The highest BCUT2D eigenvalue weighted by Gasteiger charge is 2.56. The molecule has 0 radical (unpaired) electrons. The van der Waals surface area contributed by atoms with E-state index in [2.05, 4.69) is 25.7 Å². The van der Waals surface area contributed by atoms with E-state index in [0.717, 1.165) is 38.5 Å². The van der Waals surface area contributed by atoms with Crippen LogP contribution in [0.3, 0.4) is 0 Å². The van der Waals surface area contributed by atoms with Gasteiger partial charge in [0.05, 0.1) is 0 Å². The van der Waals surface area contributed by atoms with E-state index in [4.69, 9.17) is 11.5 Å². The summed E-state index contributed by atoms with van der Waals surface area (Å²) in [5, 5.41) is 10.5. The molecule has 112 valence electrons. The Morgan fingerprint density at radius 2 is 2.05 bits per heavy atom. The highest BCUT2D eigenvalue weighted by atomic mass is 16.3. The molecular formula is C17H28N2O. The Hall–Kier alpha value is -0.640. The Morgan fingerprint density at radius 3 is 2.75 bits per heavy atom. The van der Waals surface area contributed by atoms with Crippen molar-refractivity contribution in [3.8, 4) is 0 Å². The van der Waals surface area contributed by atoms with E-state index in [0.29, 0.717) is 12.3 Å². The van der Waals surface area contributed by atoms with E-state index in [1.807, 2.05) is 0 Å². The molecule has 0 aromatic rings. The van der Waals surface area contributed by atoms with E-state index in [1.54, 1.807) is 0 Å². The van der Waals surface area contributed by atoms with Crippen molar-refractivity contribution in [2.45, 2.75) is 63.1 Å². The van der Waals surface area contributed by atoms with Crippen molar-refractivity contribution in [3.05, 3.63) is 24.3 Å². The SMILES string of the molecule is C=CC1(C)C=C2CCC3C(N)(O)CCCC3(N)C2CC1. The van der Waals surface area contributed by atoms with E-state index in [9.17, 15) is 5.11 Å². The summed E-state index contributed by atoms with van der Waals surface area (Å²) in [5.41, 5.74) is 13.2. The average Bonchev–Trinajstić information content (AvgIpc) is 2.37. The van der Waals surface area contributed by atoms with E-state index >= 15 is 0 Å². The number of rotatable bonds is 1. The lowest BCUT2D eigenvalue weighted by molar-refractivity contribution is -0.104. The van der Waals surface area contributed by atoms with Gasteiger partial charge in [0.25, 0.3) is 0 Å². The lowest BCUT2D eigenvalue weighted by Gasteiger charge is -2.57. The fourth-order valence-electron chi connectivity index (χ4n) is 5.00. The zero-order valence-electron chi connectivity index (χ0n) is 12.6. The van der Waals surface area contributed by atoms with Crippen LogP contribution >= 0.6 is 0 Å². The van der Waals surface area contributed by atoms with Gasteiger partial charge in [-0.2, -0.15) is 0 Å². The molecule has 0 bridgehead atoms. The summed E-state index contributed by atoms with van der Waals surface area (Å²) < 4.78 is 0. The molecule has 0 aromatic heterocycles. The van der Waals surface area contributed by atoms with Gasteiger partial charge >= 0.3 is 0 Å². The Morgan fingerprint density at radius 1 is 1.30 bits per heavy atom. The molecular weight excluding hydrogens is 248 g/mol. The molecule has 3 aliphatic rings. The lowest BCUT2D eigenvalue weighted by atomic mass is 9.52. The van der Waals surface area contributed by atoms with Crippen molar-refractivity contribution in [2.75, 3.05) is 0 Å². The van der Waals surface area contributed by atoms with Gasteiger partial charge in [0.15, 0.2) is 0 Å². The second kappa shape index (κ2) is 4.43. The van der Waals surface area contributed by atoms with Gasteiger partial charge in [-0.25, -0.2) is 0 Å². The van der Waals surface area contributed by atoms with Gasteiger partial charge in [0.1, 0.15) is 5.72 Å². The maximum absolute atomic E-state index is 10.5. The molecule has 0 aromatic carbocycles. The molecule has 3 heteroatoms. The van der Waals surface area contributed by atoms with Gasteiger partial charge in [-0.3, -0.25) is 0 Å². The second-order valence-corrected chi connectivity index (χ2v) is 7.57. The zero-order chi connectivity index (χ0) is 14.6. The fraction of sp³-hybridized carbons (Fsp3) is 0.765. The summed E-state index contributed by atoms with van der Waals surface area (Å²) in [6, 6.07) is 0. The zero-order valence-corrected chi connectivity index (χ0v) is 12.6. The highest BCUT2D eigenvalue weighted by Crippen LogP contribution is 2.54. The third-order valence-corrected chi connectivity index (χ3v) is 6.21. The molecule has 2 fully saturated rings. The maximum atomic E-state index is 10.5. The number of allylic oxidation sites excluding steroid dienone is 2. The van der Waals surface area contributed by atoms with Gasteiger partial charge in [0, 0.05) is 16.9 Å². The van der Waals surface area contributed by atoms with Crippen LogP contribution in [0.1, 0.15) is 51.9 Å². The number of fused-ring (bicyclic) bond motifs is 3. The van der Waals surface area contributed by atoms with E-state index < -0.39 is 5.72 Å². The van der Waals surface area contributed by atoms with Crippen LogP contribution in [-0.4, -0.2) is 16.4 Å². The van der Waals surface area contributed by atoms with Crippen molar-refractivity contribution in [2.24, 2.45) is 28.7 Å². The third kappa shape index (κ3) is 1.99. The van der Waals surface area contributed by atoms with Crippen molar-refractivity contribution in [3.63, 3.8) is 0 Å². The van der Waals surface area contributed by atoms with Gasteiger partial charge in [-0.05, 0) is 50.9 Å². The predicted octanol–water partition coefficient (Wildman–Crippen LogP) is 2.45. The Bertz CT molecular complexity index is 456. The van der Waals surface area contributed by atoms with Crippen LogP contribution < -0.4 is 11.5 Å². The molecule has 0 amide bonds. The molecule has 0 aliphatic heterocycles. The van der Waals surface area contributed by atoms with Crippen LogP contribution in [0.5, 0.6) is 0 Å². The van der Waals surface area contributed by atoms with Crippen LogP contribution in [0.25, 0.3) is 0 Å². The summed E-state index contributed by atoms with van der Waals surface area (Å²) in [6.45, 7) is 6.23. The van der Waals surface area contributed by atoms with Gasteiger partial charge in [-0.15, -0.1) is 6.58 Å². The maximum Gasteiger partial charge on any atom is 0.118 e. The van der Waals surface area contributed by atoms with Gasteiger partial charge < -0.3 is 16.6 Å². The molecule has 3 rings (SSSR count). The number of hydrogen-bond acceptors (Lipinski definition) is 3. The van der Waals surface area contributed by atoms with Crippen LogP contribution in [0, 0.1) is 17.3 Å². The molecule has 5 N–H and O–H groups in total. The molecule has 2 saturated carbocycles. The topological polar surface area (TPSA) is 72.3 Å². The Kier molecular flexibility index (Phi) is 3.16. The summed E-state index contributed by atoms with van der Waals surface area (Å²) in [5.74, 6) is 0.434. The lowest BCUT2D eigenvalue weighted by Crippen LogP contribution is -2.68. The van der Waals surface area contributed by atoms with Crippen LogP contribution in [0.2, 0.25) is 0 Å². The van der Waals surface area contributed by atoms with Crippen molar-refractivity contribution >= 4 is 0 Å². The molecule has 5 atom stereocenters. The molecule has 20 heavy (non-hydrogen) atoms. The quantitative estimate of drug-likeness (QED) is 0.509. The summed E-state index contributed by atoms with van der Waals surface area (Å²) in [7, 11) is 0. The first kappa shape index (κ1) is 14.3. The molecule has 5 unspecified atom stereocenters. The molecule has 0 spiro atoms. The van der Waals surface area contributed by atoms with Crippen LogP contribution in [0.4, 0.5) is 0 Å². The van der Waals surface area contributed by atoms with Crippen molar-refractivity contribution in [1.82, 2.24) is 0 Å². The fourth-order valence-corrected chi connectivity index (χ4v) is 5.00. The number of nitrogens with two attached hydrogens (primary N) is 2. The summed E-state index contributed by atoms with van der Waals surface area (Å²) >= 11 is 0. The molecule has 0 heterocycles. The first-order valence-corrected chi connectivity index (χ1v) is 7.96. The Balaban J connectivity index is 1.97. The van der Waals surface area contributed by atoms with Crippen LogP contribution in [0.15, 0.2) is 24.3 Å². The largest absolute Gasteiger partial charge is 0.376 e. The minimum atomic E-state index is -1.07. The summed E-state index contributed by atoms with van der Waals surface area (Å²) in [4.78, 5) is 0. The standard InChI is InChI=1S/C17H28N2O/c1-3-15(2)10-7-13-12(11-15)5-6-14-16(13,18)8-4-9-17(14,19)20/h3,11,13-14,20H,1,4-10,18-19H2,2H3. The van der Waals surface area contributed by atoms with E-state index in [1.165, 1.54) is 5.57 Å². The second-order valence-electron chi connectivity index (χ2n) is 7.57. The minimum absolute atomic E-state index is 0.0407. The van der Waals surface area contributed by atoms with Gasteiger partial charge in [0.2, 0.25) is 0 Å². The first-order valence-electron chi connectivity index (χ1n) is 7.96. The normalized spacial score (nSPS) is 51.7. The summed E-state index contributed by atoms with van der Waals surface area (Å²) in [6.07, 6.45) is 11.2. The van der Waals surface area contributed by atoms with Crippen molar-refractivity contribution in [1.29, 1.82) is 0 Å². The van der Waals surface area contributed by atoms with Crippen molar-refractivity contribution < 1.29 is 5.11 Å². The van der Waals surface area contributed by atoms with Gasteiger partial charge in [-0.1, -0.05) is 24.6 Å². The molecule has 3 aliphatic carbocycles.